The SMILES string of the molecule is COC(=O)c1cc(-c2csc(NC(=O)CCc3nc(-c4ccc(Cl)cc4)no3)n2)c[nH]1. The maximum absolute atomic E-state index is 12.3. The normalized spacial score (nSPS) is 10.8. The number of ether oxygens (including phenoxy) is 1. The van der Waals surface area contributed by atoms with Gasteiger partial charge in [-0.1, -0.05) is 16.8 Å². The van der Waals surface area contributed by atoms with Crippen LogP contribution in [0.2, 0.25) is 5.02 Å². The summed E-state index contributed by atoms with van der Waals surface area (Å²) in [6, 6.07) is 8.71. The van der Waals surface area contributed by atoms with Gasteiger partial charge in [-0.3, -0.25) is 4.79 Å². The van der Waals surface area contributed by atoms with Gasteiger partial charge in [-0.2, -0.15) is 4.98 Å². The Bertz CT molecular complexity index is 1210. The van der Waals surface area contributed by atoms with Crippen molar-refractivity contribution < 1.29 is 18.8 Å². The van der Waals surface area contributed by atoms with Crippen molar-refractivity contribution in [3.63, 3.8) is 0 Å². The molecule has 158 valence electrons. The number of rotatable bonds is 7. The van der Waals surface area contributed by atoms with Crippen LogP contribution in [0, 0.1) is 0 Å². The van der Waals surface area contributed by atoms with Crippen LogP contribution < -0.4 is 5.32 Å². The van der Waals surface area contributed by atoms with E-state index in [2.05, 4.69) is 30.2 Å². The Balaban J connectivity index is 1.32. The molecule has 0 atom stereocenters. The highest BCUT2D eigenvalue weighted by molar-refractivity contribution is 7.14. The second-order valence-corrected chi connectivity index (χ2v) is 7.69. The summed E-state index contributed by atoms with van der Waals surface area (Å²) in [5.74, 6) is 0.115. The Labute approximate surface area is 185 Å². The lowest BCUT2D eigenvalue weighted by Crippen LogP contribution is -2.12. The molecule has 0 saturated carbocycles. The summed E-state index contributed by atoms with van der Waals surface area (Å²) in [6.45, 7) is 0. The third-order valence-corrected chi connectivity index (χ3v) is 5.28. The highest BCUT2D eigenvalue weighted by atomic mass is 35.5. The third-order valence-electron chi connectivity index (χ3n) is 4.27. The summed E-state index contributed by atoms with van der Waals surface area (Å²) in [5.41, 5.74) is 2.46. The number of aryl methyl sites for hydroxylation is 1. The first-order valence-electron chi connectivity index (χ1n) is 9.13. The maximum Gasteiger partial charge on any atom is 0.354 e. The molecule has 9 nitrogen and oxygen atoms in total. The number of halogens is 1. The second-order valence-electron chi connectivity index (χ2n) is 6.40. The van der Waals surface area contributed by atoms with Crippen LogP contribution in [0.4, 0.5) is 5.13 Å². The van der Waals surface area contributed by atoms with E-state index in [1.165, 1.54) is 18.4 Å². The van der Waals surface area contributed by atoms with Gasteiger partial charge in [0, 0.05) is 40.6 Å². The van der Waals surface area contributed by atoms with Crippen LogP contribution in [0.5, 0.6) is 0 Å². The number of thiazole rings is 1. The van der Waals surface area contributed by atoms with E-state index >= 15 is 0 Å². The van der Waals surface area contributed by atoms with Crippen molar-refractivity contribution in [2.75, 3.05) is 12.4 Å². The van der Waals surface area contributed by atoms with Crippen molar-refractivity contribution in [1.29, 1.82) is 0 Å². The van der Waals surface area contributed by atoms with E-state index in [9.17, 15) is 9.59 Å². The van der Waals surface area contributed by atoms with Gasteiger partial charge in [-0.05, 0) is 30.3 Å². The number of carbonyl (C=O) groups excluding carboxylic acids is 2. The maximum atomic E-state index is 12.3. The number of benzene rings is 1. The van der Waals surface area contributed by atoms with E-state index in [4.69, 9.17) is 16.1 Å². The fourth-order valence-corrected chi connectivity index (χ4v) is 3.57. The van der Waals surface area contributed by atoms with Crippen molar-refractivity contribution in [3.8, 4) is 22.6 Å². The third kappa shape index (κ3) is 4.98. The monoisotopic (exact) mass is 457 g/mol. The minimum absolute atomic E-state index is 0.161. The first kappa shape index (κ1) is 20.8. The highest BCUT2D eigenvalue weighted by Gasteiger charge is 2.14. The van der Waals surface area contributed by atoms with E-state index in [1.54, 1.807) is 41.9 Å². The summed E-state index contributed by atoms with van der Waals surface area (Å²) in [4.78, 5) is 35.3. The van der Waals surface area contributed by atoms with Crippen LogP contribution in [0.3, 0.4) is 0 Å². The van der Waals surface area contributed by atoms with E-state index in [0.717, 1.165) is 11.1 Å². The molecule has 0 fully saturated rings. The zero-order valence-corrected chi connectivity index (χ0v) is 17.8. The average Bonchev–Trinajstić information content (AvgIpc) is 3.52. The summed E-state index contributed by atoms with van der Waals surface area (Å²) in [7, 11) is 1.31. The minimum atomic E-state index is -0.463. The average molecular weight is 458 g/mol. The predicted molar refractivity (Wildman–Crippen MR) is 115 cm³/mol. The number of esters is 1. The fraction of sp³-hybridized carbons (Fsp3) is 0.150. The molecule has 11 heteroatoms. The lowest BCUT2D eigenvalue weighted by Gasteiger charge is -1.99. The van der Waals surface area contributed by atoms with Gasteiger partial charge in [0.2, 0.25) is 17.6 Å². The van der Waals surface area contributed by atoms with Crippen LogP contribution in [0.25, 0.3) is 22.6 Å². The molecule has 1 aromatic carbocycles. The van der Waals surface area contributed by atoms with Crippen molar-refractivity contribution in [3.05, 3.63) is 58.5 Å². The van der Waals surface area contributed by atoms with Gasteiger partial charge < -0.3 is 19.6 Å². The summed E-state index contributed by atoms with van der Waals surface area (Å²) in [5, 5.41) is 9.54. The van der Waals surface area contributed by atoms with Gasteiger partial charge in [0.15, 0.2) is 5.13 Å². The number of nitrogens with zero attached hydrogens (tertiary/aromatic N) is 3. The van der Waals surface area contributed by atoms with Crippen molar-refractivity contribution in [1.82, 2.24) is 20.1 Å². The molecule has 0 spiro atoms. The molecule has 0 unspecified atom stereocenters. The summed E-state index contributed by atoms with van der Waals surface area (Å²) < 4.78 is 9.88. The van der Waals surface area contributed by atoms with Crippen LogP contribution in [-0.4, -0.2) is 39.1 Å². The number of hydrogen-bond acceptors (Lipinski definition) is 8. The number of H-pyrrole nitrogens is 1. The van der Waals surface area contributed by atoms with Crippen LogP contribution in [0.1, 0.15) is 22.8 Å². The van der Waals surface area contributed by atoms with Gasteiger partial charge >= 0.3 is 5.97 Å². The number of aromatic nitrogens is 4. The predicted octanol–water partition coefficient (Wildman–Crippen LogP) is 4.20. The Morgan fingerprint density at radius 3 is 2.81 bits per heavy atom. The summed E-state index contributed by atoms with van der Waals surface area (Å²) in [6.07, 6.45) is 2.11. The molecule has 31 heavy (non-hydrogen) atoms. The molecule has 0 aliphatic heterocycles. The summed E-state index contributed by atoms with van der Waals surface area (Å²) >= 11 is 7.16. The lowest BCUT2D eigenvalue weighted by molar-refractivity contribution is -0.116. The standard InChI is InChI=1S/C20H16ClN5O4S/c1-29-19(28)14-8-12(9-22-14)15-10-31-20(23-15)24-16(27)6-7-17-25-18(26-30-17)11-2-4-13(21)5-3-11/h2-5,8-10,22H,6-7H2,1H3,(H,23,24,27). The van der Waals surface area contributed by atoms with Gasteiger partial charge in [0.05, 0.1) is 12.8 Å². The number of hydrogen-bond donors (Lipinski definition) is 2. The van der Waals surface area contributed by atoms with Crippen LogP contribution in [-0.2, 0) is 16.0 Å². The number of methoxy groups -OCH3 is 1. The molecule has 3 heterocycles. The van der Waals surface area contributed by atoms with E-state index in [-0.39, 0.29) is 12.3 Å². The van der Waals surface area contributed by atoms with Crippen LogP contribution in [0.15, 0.2) is 46.4 Å². The number of amides is 1. The zero-order chi connectivity index (χ0) is 21.8. The van der Waals surface area contributed by atoms with Crippen molar-refractivity contribution in [2.24, 2.45) is 0 Å². The molecule has 2 N–H and O–H groups in total. The molecule has 3 aromatic heterocycles. The molecular formula is C20H16ClN5O4S. The molecule has 0 aliphatic rings. The number of anilines is 1. The topological polar surface area (TPSA) is 123 Å². The molecular weight excluding hydrogens is 442 g/mol. The lowest BCUT2D eigenvalue weighted by atomic mass is 10.2. The quantitative estimate of drug-likeness (QED) is 0.398. The first-order valence-corrected chi connectivity index (χ1v) is 10.4. The molecule has 1 amide bonds. The second kappa shape index (κ2) is 9.11. The van der Waals surface area contributed by atoms with E-state index in [1.807, 2.05) is 0 Å². The van der Waals surface area contributed by atoms with Gasteiger partial charge in [0.25, 0.3) is 0 Å². The fourth-order valence-electron chi connectivity index (χ4n) is 2.71. The number of carbonyl (C=O) groups is 2. The molecule has 0 saturated heterocycles. The van der Waals surface area contributed by atoms with Crippen LogP contribution >= 0.6 is 22.9 Å². The molecule has 4 aromatic rings. The number of nitrogens with one attached hydrogen (secondary N) is 2. The Morgan fingerprint density at radius 1 is 1.23 bits per heavy atom. The minimum Gasteiger partial charge on any atom is -0.464 e. The van der Waals surface area contributed by atoms with E-state index in [0.29, 0.717) is 39.7 Å². The molecule has 0 radical (unpaired) electrons. The highest BCUT2D eigenvalue weighted by Crippen LogP contribution is 2.26. The largest absolute Gasteiger partial charge is 0.464 e. The van der Waals surface area contributed by atoms with E-state index < -0.39 is 5.97 Å². The van der Waals surface area contributed by atoms with Gasteiger partial charge in [-0.25, -0.2) is 9.78 Å². The van der Waals surface area contributed by atoms with Crippen molar-refractivity contribution >= 4 is 39.9 Å². The van der Waals surface area contributed by atoms with Crippen molar-refractivity contribution in [2.45, 2.75) is 12.8 Å². The molecule has 0 bridgehead atoms. The van der Waals surface area contributed by atoms with Gasteiger partial charge in [-0.15, -0.1) is 11.3 Å². The molecule has 0 aliphatic carbocycles. The zero-order valence-electron chi connectivity index (χ0n) is 16.2. The first-order chi connectivity index (χ1) is 15.0. The Hall–Kier alpha value is -3.50. The smallest absolute Gasteiger partial charge is 0.354 e. The van der Waals surface area contributed by atoms with Gasteiger partial charge in [0.1, 0.15) is 5.69 Å². The molecule has 4 rings (SSSR count). The Morgan fingerprint density at radius 2 is 2.03 bits per heavy atom. The Kier molecular flexibility index (Phi) is 6.10. The number of aromatic amines is 1.